The lowest BCUT2D eigenvalue weighted by Gasteiger charge is -2.28. The standard InChI is InChI=1S/C27H25BrClN9O3/c1-5-7-24-35-27(37(40)41)22(36(24)2)15-38(3,4)11-6-8-25(39)34-23-13-18-21(14-30-23)31-16-32-26(18)33-17-9-10-20(29)19(28)12-17/h6,8-10,12-14,16H,11,15H2,1-4H3,(H-,30,31,32,33,34,39)/p+1/b8-6+. The monoisotopic (exact) mass is 638 g/mol. The van der Waals surface area contributed by atoms with Crippen molar-refractivity contribution in [2.24, 2.45) is 7.05 Å². The number of imidazole rings is 1. The molecule has 4 rings (SSSR count). The summed E-state index contributed by atoms with van der Waals surface area (Å²) >= 11 is 9.50. The van der Waals surface area contributed by atoms with E-state index in [1.165, 1.54) is 12.4 Å². The SMILES string of the molecule is CC#Cc1nc([N+](=O)[O-])c(C[N+](C)(C)C/C=C/C(=O)Nc2cc3c(Nc4ccc(Cl)c(Br)c4)ncnc3cn2)n1C. The molecule has 2 N–H and O–H groups in total. The van der Waals surface area contributed by atoms with E-state index in [1.54, 1.807) is 42.9 Å². The Labute approximate surface area is 249 Å². The number of pyridine rings is 1. The van der Waals surface area contributed by atoms with Crippen LogP contribution in [-0.4, -0.2) is 60.5 Å². The molecule has 0 spiro atoms. The number of nitro groups is 1. The van der Waals surface area contributed by atoms with E-state index in [1.807, 2.05) is 26.2 Å². The highest BCUT2D eigenvalue weighted by atomic mass is 79.9. The third-order valence-electron chi connectivity index (χ3n) is 6.00. The van der Waals surface area contributed by atoms with Crippen LogP contribution in [0.2, 0.25) is 5.02 Å². The molecule has 1 amide bonds. The Morgan fingerprint density at radius 3 is 2.76 bits per heavy atom. The lowest BCUT2D eigenvalue weighted by Crippen LogP contribution is -2.39. The number of nitrogens with zero attached hydrogens (tertiary/aromatic N) is 7. The van der Waals surface area contributed by atoms with Gasteiger partial charge in [-0.25, -0.2) is 15.0 Å². The summed E-state index contributed by atoms with van der Waals surface area (Å²) in [5.41, 5.74) is 1.81. The summed E-state index contributed by atoms with van der Waals surface area (Å²) in [5, 5.41) is 18.8. The number of hydrogen-bond donors (Lipinski definition) is 2. The van der Waals surface area contributed by atoms with Gasteiger partial charge in [-0.15, -0.1) is 0 Å². The molecule has 3 heterocycles. The van der Waals surface area contributed by atoms with E-state index in [4.69, 9.17) is 11.6 Å². The van der Waals surface area contributed by atoms with Gasteiger partial charge in [0.05, 0.1) is 37.4 Å². The average Bonchev–Trinajstić information content (AvgIpc) is 3.21. The van der Waals surface area contributed by atoms with Crippen LogP contribution in [0.3, 0.4) is 0 Å². The molecule has 41 heavy (non-hydrogen) atoms. The Hall–Kier alpha value is -4.38. The smallest absolute Gasteiger partial charge is 0.358 e. The molecule has 0 aliphatic heterocycles. The number of nitrogens with one attached hydrogen (secondary N) is 2. The maximum absolute atomic E-state index is 12.7. The molecule has 0 saturated carbocycles. The highest BCUT2D eigenvalue weighted by Crippen LogP contribution is 2.29. The lowest BCUT2D eigenvalue weighted by atomic mass is 10.2. The van der Waals surface area contributed by atoms with Gasteiger partial charge in [-0.1, -0.05) is 17.5 Å². The molecule has 0 radical (unpaired) electrons. The summed E-state index contributed by atoms with van der Waals surface area (Å²) in [6.45, 7) is 2.38. The molecule has 0 atom stereocenters. The van der Waals surface area contributed by atoms with E-state index < -0.39 is 4.92 Å². The number of halogens is 2. The third kappa shape index (κ3) is 7.23. The first-order valence-electron chi connectivity index (χ1n) is 12.2. The van der Waals surface area contributed by atoms with E-state index in [0.29, 0.717) is 56.7 Å². The summed E-state index contributed by atoms with van der Waals surface area (Å²) in [7, 11) is 5.51. The Balaban J connectivity index is 1.45. The molecular weight excluding hydrogens is 614 g/mol. The fraction of sp³-hybridized carbons (Fsp3) is 0.222. The van der Waals surface area contributed by atoms with Gasteiger partial charge >= 0.3 is 5.82 Å². The van der Waals surface area contributed by atoms with Gasteiger partial charge in [0, 0.05) is 28.7 Å². The summed E-state index contributed by atoms with van der Waals surface area (Å²) in [4.78, 5) is 40.7. The second-order valence-corrected chi connectivity index (χ2v) is 10.9. The quantitative estimate of drug-likeness (QED) is 0.0860. The van der Waals surface area contributed by atoms with Crippen molar-refractivity contribution in [3.63, 3.8) is 0 Å². The zero-order valence-electron chi connectivity index (χ0n) is 22.6. The van der Waals surface area contributed by atoms with Gasteiger partial charge in [0.25, 0.3) is 5.82 Å². The second kappa shape index (κ2) is 12.4. The van der Waals surface area contributed by atoms with Gasteiger partial charge in [0.15, 0.2) is 5.69 Å². The van der Waals surface area contributed by atoms with Crippen molar-refractivity contribution in [1.82, 2.24) is 24.5 Å². The number of carbonyl (C=O) groups excluding carboxylic acids is 1. The van der Waals surface area contributed by atoms with Gasteiger partial charge < -0.3 is 25.2 Å². The van der Waals surface area contributed by atoms with E-state index >= 15 is 0 Å². The molecule has 0 aliphatic carbocycles. The van der Waals surface area contributed by atoms with Gasteiger partial charge in [0.2, 0.25) is 5.91 Å². The molecule has 14 heteroatoms. The number of anilines is 3. The van der Waals surface area contributed by atoms with Crippen LogP contribution in [0.25, 0.3) is 10.9 Å². The zero-order chi connectivity index (χ0) is 29.7. The minimum Gasteiger partial charge on any atom is -0.358 e. The van der Waals surface area contributed by atoms with E-state index in [-0.39, 0.29) is 11.7 Å². The third-order valence-corrected chi connectivity index (χ3v) is 7.22. The summed E-state index contributed by atoms with van der Waals surface area (Å²) in [6.07, 6.45) is 6.09. The molecule has 0 unspecified atom stereocenters. The van der Waals surface area contributed by atoms with E-state index in [0.717, 1.165) is 10.2 Å². The Kier molecular flexibility index (Phi) is 8.97. The predicted octanol–water partition coefficient (Wildman–Crippen LogP) is 4.97. The second-order valence-electron chi connectivity index (χ2n) is 9.63. The van der Waals surface area contributed by atoms with Crippen molar-refractivity contribution in [2.75, 3.05) is 31.3 Å². The normalized spacial score (nSPS) is 11.4. The molecule has 0 bridgehead atoms. The van der Waals surface area contributed by atoms with Crippen molar-refractivity contribution in [3.05, 3.63) is 80.1 Å². The van der Waals surface area contributed by atoms with Crippen molar-refractivity contribution in [2.45, 2.75) is 13.5 Å². The Bertz CT molecular complexity index is 1740. The lowest BCUT2D eigenvalue weighted by molar-refractivity contribution is -0.898. The van der Waals surface area contributed by atoms with Crippen molar-refractivity contribution < 1.29 is 14.2 Å². The molecule has 12 nitrogen and oxygen atoms in total. The maximum Gasteiger partial charge on any atom is 0.392 e. The van der Waals surface area contributed by atoms with Gasteiger partial charge in [-0.2, -0.15) is 0 Å². The van der Waals surface area contributed by atoms with Crippen LogP contribution < -0.4 is 10.6 Å². The van der Waals surface area contributed by atoms with Crippen LogP contribution in [-0.2, 0) is 18.4 Å². The van der Waals surface area contributed by atoms with Crippen LogP contribution in [0, 0.1) is 22.0 Å². The number of benzene rings is 1. The molecule has 4 aromatic rings. The number of amides is 1. The molecule has 0 fully saturated rings. The maximum atomic E-state index is 12.7. The summed E-state index contributed by atoms with van der Waals surface area (Å²) in [5.74, 6) is 6.10. The van der Waals surface area contributed by atoms with Crippen molar-refractivity contribution in [1.29, 1.82) is 0 Å². The molecule has 3 aromatic heterocycles. The number of hydrogen-bond acceptors (Lipinski definition) is 8. The van der Waals surface area contributed by atoms with Gasteiger partial charge in [-0.3, -0.25) is 9.36 Å². The number of rotatable bonds is 9. The first kappa shape index (κ1) is 29.6. The van der Waals surface area contributed by atoms with Gasteiger partial charge in [0.1, 0.15) is 24.5 Å². The van der Waals surface area contributed by atoms with Gasteiger partial charge in [-0.05, 0) is 69.0 Å². The minimum absolute atomic E-state index is 0.220. The first-order valence-corrected chi connectivity index (χ1v) is 13.4. The number of fused-ring (bicyclic) bond motifs is 1. The van der Waals surface area contributed by atoms with E-state index in [2.05, 4.69) is 58.3 Å². The summed E-state index contributed by atoms with van der Waals surface area (Å²) in [6, 6.07) is 7.09. The molecule has 0 aliphatic rings. The van der Waals surface area contributed by atoms with Crippen LogP contribution in [0.4, 0.5) is 23.1 Å². The van der Waals surface area contributed by atoms with E-state index in [9.17, 15) is 14.9 Å². The Morgan fingerprint density at radius 2 is 2.05 bits per heavy atom. The number of likely N-dealkylation sites (N-methyl/N-ethyl adjacent to an activating group) is 1. The molecule has 0 saturated heterocycles. The largest absolute Gasteiger partial charge is 0.392 e. The number of quaternary nitrogens is 1. The fourth-order valence-corrected chi connectivity index (χ4v) is 4.48. The highest BCUT2D eigenvalue weighted by Gasteiger charge is 2.30. The number of carbonyl (C=O) groups is 1. The van der Waals surface area contributed by atoms with Crippen molar-refractivity contribution >= 4 is 67.5 Å². The molecular formula is C27H26BrClN9O3+. The highest BCUT2D eigenvalue weighted by molar-refractivity contribution is 9.10. The average molecular weight is 640 g/mol. The number of aromatic nitrogens is 5. The fourth-order valence-electron chi connectivity index (χ4n) is 3.98. The Morgan fingerprint density at radius 1 is 1.27 bits per heavy atom. The van der Waals surface area contributed by atoms with Crippen LogP contribution >= 0.6 is 27.5 Å². The molecule has 1 aromatic carbocycles. The summed E-state index contributed by atoms with van der Waals surface area (Å²) < 4.78 is 2.71. The topological polar surface area (TPSA) is 141 Å². The first-order chi connectivity index (χ1) is 19.5. The minimum atomic E-state index is -0.504. The van der Waals surface area contributed by atoms with Crippen LogP contribution in [0.15, 0.2) is 53.4 Å². The van der Waals surface area contributed by atoms with Crippen LogP contribution in [0.1, 0.15) is 18.4 Å². The zero-order valence-corrected chi connectivity index (χ0v) is 25.0. The van der Waals surface area contributed by atoms with Crippen molar-refractivity contribution in [3.8, 4) is 11.8 Å². The predicted molar refractivity (Wildman–Crippen MR) is 161 cm³/mol. The van der Waals surface area contributed by atoms with Crippen LogP contribution in [0.5, 0.6) is 0 Å². The molecule has 210 valence electrons.